The van der Waals surface area contributed by atoms with Crippen LogP contribution in [-0.2, 0) is 36.0 Å². The largest absolute Gasteiger partial charge is 0.355 e. The second-order valence-electron chi connectivity index (χ2n) is 10.3. The van der Waals surface area contributed by atoms with E-state index in [-0.39, 0.29) is 18.3 Å². The number of pyridine rings is 1. The minimum atomic E-state index is -3.38. The van der Waals surface area contributed by atoms with Gasteiger partial charge in [-0.05, 0) is 58.0 Å². The van der Waals surface area contributed by atoms with E-state index in [1.165, 1.54) is 5.56 Å². The van der Waals surface area contributed by atoms with Crippen LogP contribution in [0.5, 0.6) is 0 Å². The Morgan fingerprint density at radius 1 is 1.26 bits per heavy atom. The van der Waals surface area contributed by atoms with Gasteiger partial charge in [0.1, 0.15) is 11.6 Å². The van der Waals surface area contributed by atoms with Crippen molar-refractivity contribution in [3.8, 4) is 0 Å². The maximum Gasteiger partial charge on any atom is 0.211 e. The highest BCUT2D eigenvalue weighted by molar-refractivity contribution is 7.89. The molecule has 2 aromatic rings. The number of nitrogens with zero attached hydrogens (tertiary/aromatic N) is 6. The molecule has 0 aromatic carbocycles. The Kier molecular flexibility index (Phi) is 9.40. The first-order valence-corrected chi connectivity index (χ1v) is 15.4. The molecule has 1 aliphatic carbocycles. The third kappa shape index (κ3) is 6.36. The standard InChI is InChI=1S/C28H43N7O2S/c1-6-11-27(34-18-16-32(4)17-19-34)35-25(20-30-38(36,37)8-3)23(31-26(35)7-2)21-33(5)24-14-9-12-22-13-10-15-29-28(22)24/h6,10-11,13,15,24,30H,1,7-9,12,14,16-21H2,2-5H3/b27-11-/t24-/m0/s1. The molecule has 0 amide bonds. The van der Waals surface area contributed by atoms with Gasteiger partial charge < -0.3 is 9.80 Å². The van der Waals surface area contributed by atoms with E-state index in [1.807, 2.05) is 24.4 Å². The van der Waals surface area contributed by atoms with E-state index in [1.54, 1.807) is 6.92 Å². The van der Waals surface area contributed by atoms with Gasteiger partial charge >= 0.3 is 0 Å². The van der Waals surface area contributed by atoms with Crippen LogP contribution in [0.3, 0.4) is 0 Å². The summed E-state index contributed by atoms with van der Waals surface area (Å²) in [4.78, 5) is 16.8. The molecule has 1 saturated heterocycles. The van der Waals surface area contributed by atoms with Crippen molar-refractivity contribution in [3.05, 3.63) is 65.5 Å². The number of imidazole rings is 1. The Hall–Kier alpha value is -2.53. The topological polar surface area (TPSA) is 86.6 Å². The monoisotopic (exact) mass is 541 g/mol. The van der Waals surface area contributed by atoms with Crippen LogP contribution < -0.4 is 4.72 Å². The molecule has 10 heteroatoms. The molecule has 4 rings (SSSR count). The molecule has 2 aromatic heterocycles. The molecule has 1 fully saturated rings. The Balaban J connectivity index is 1.74. The highest BCUT2D eigenvalue weighted by atomic mass is 32.2. The Labute approximate surface area is 228 Å². The number of aryl methyl sites for hydroxylation is 2. The van der Waals surface area contributed by atoms with Crippen LogP contribution in [0.1, 0.15) is 61.2 Å². The summed E-state index contributed by atoms with van der Waals surface area (Å²) in [6.07, 6.45) is 9.68. The van der Waals surface area contributed by atoms with Gasteiger partial charge in [0.15, 0.2) is 0 Å². The van der Waals surface area contributed by atoms with Crippen LogP contribution in [-0.4, -0.2) is 83.7 Å². The zero-order valence-electron chi connectivity index (χ0n) is 23.4. The first kappa shape index (κ1) is 28.5. The summed E-state index contributed by atoms with van der Waals surface area (Å²) in [5.74, 6) is 1.96. The summed E-state index contributed by atoms with van der Waals surface area (Å²) < 4.78 is 30.0. The lowest BCUT2D eigenvalue weighted by atomic mass is 9.91. The SMILES string of the molecule is C=C/C=C(/N1CCN(C)CC1)n1c(CC)nc(CN(C)[C@H]2CCCc3cccnc32)c1CNS(=O)(=O)CC. The maximum atomic E-state index is 12.5. The minimum Gasteiger partial charge on any atom is -0.355 e. The highest BCUT2D eigenvalue weighted by Crippen LogP contribution is 2.33. The molecule has 208 valence electrons. The van der Waals surface area contributed by atoms with Crippen molar-refractivity contribution in [2.24, 2.45) is 0 Å². The van der Waals surface area contributed by atoms with Gasteiger partial charge in [-0.25, -0.2) is 18.1 Å². The van der Waals surface area contributed by atoms with Gasteiger partial charge in [0, 0.05) is 45.3 Å². The number of hydrogen-bond acceptors (Lipinski definition) is 7. The van der Waals surface area contributed by atoms with Crippen LogP contribution >= 0.6 is 0 Å². The van der Waals surface area contributed by atoms with Crippen LogP contribution in [0.15, 0.2) is 37.1 Å². The average molecular weight is 542 g/mol. The van der Waals surface area contributed by atoms with Crippen molar-refractivity contribution in [3.63, 3.8) is 0 Å². The van der Waals surface area contributed by atoms with Gasteiger partial charge in [-0.3, -0.25) is 14.5 Å². The number of sulfonamides is 1. The van der Waals surface area contributed by atoms with E-state index in [4.69, 9.17) is 9.97 Å². The van der Waals surface area contributed by atoms with Crippen molar-refractivity contribution in [2.45, 2.75) is 58.7 Å². The number of allylic oxidation sites excluding steroid dienone is 2. The lowest BCUT2D eigenvalue weighted by Gasteiger charge is -2.36. The summed E-state index contributed by atoms with van der Waals surface area (Å²) in [5, 5.41) is 0. The van der Waals surface area contributed by atoms with Crippen molar-refractivity contribution in [2.75, 3.05) is 46.0 Å². The predicted molar refractivity (Wildman–Crippen MR) is 153 cm³/mol. The number of nitrogens with one attached hydrogen (secondary N) is 1. The molecular formula is C28H43N7O2S. The number of likely N-dealkylation sites (N-methyl/N-ethyl adjacent to an activating group) is 1. The van der Waals surface area contributed by atoms with Crippen LogP contribution in [0.4, 0.5) is 0 Å². The quantitative estimate of drug-likeness (QED) is 0.438. The van der Waals surface area contributed by atoms with E-state index in [0.29, 0.717) is 6.54 Å². The molecular weight excluding hydrogens is 498 g/mol. The second kappa shape index (κ2) is 12.5. The van der Waals surface area contributed by atoms with Gasteiger partial charge in [-0.15, -0.1) is 0 Å². The second-order valence-corrected chi connectivity index (χ2v) is 12.4. The highest BCUT2D eigenvalue weighted by Gasteiger charge is 2.29. The van der Waals surface area contributed by atoms with Crippen molar-refractivity contribution < 1.29 is 8.42 Å². The number of aromatic nitrogens is 3. The molecule has 0 radical (unpaired) electrons. The number of piperazine rings is 1. The fourth-order valence-electron chi connectivity index (χ4n) is 5.47. The maximum absolute atomic E-state index is 12.5. The van der Waals surface area contributed by atoms with Crippen molar-refractivity contribution in [1.82, 2.24) is 34.0 Å². The molecule has 1 atom stereocenters. The van der Waals surface area contributed by atoms with Crippen LogP contribution in [0.25, 0.3) is 5.82 Å². The summed E-state index contributed by atoms with van der Waals surface area (Å²) >= 11 is 0. The smallest absolute Gasteiger partial charge is 0.211 e. The molecule has 1 aliphatic heterocycles. The zero-order valence-corrected chi connectivity index (χ0v) is 24.2. The molecule has 9 nitrogen and oxygen atoms in total. The molecule has 38 heavy (non-hydrogen) atoms. The van der Waals surface area contributed by atoms with Crippen LogP contribution in [0, 0.1) is 0 Å². The number of rotatable bonds is 11. The Morgan fingerprint density at radius 2 is 2.03 bits per heavy atom. The fourth-order valence-corrected chi connectivity index (χ4v) is 6.03. The zero-order chi connectivity index (χ0) is 27.3. The first-order valence-electron chi connectivity index (χ1n) is 13.7. The number of hydrogen-bond donors (Lipinski definition) is 1. The molecule has 0 saturated carbocycles. The van der Waals surface area contributed by atoms with Crippen molar-refractivity contribution in [1.29, 1.82) is 0 Å². The van der Waals surface area contributed by atoms with E-state index < -0.39 is 10.0 Å². The van der Waals surface area contributed by atoms with Crippen molar-refractivity contribution >= 4 is 15.8 Å². The minimum absolute atomic E-state index is 0.0371. The molecule has 1 N–H and O–H groups in total. The fraction of sp³-hybridized carbons (Fsp3) is 0.571. The van der Waals surface area contributed by atoms with Crippen LogP contribution in [0.2, 0.25) is 0 Å². The van der Waals surface area contributed by atoms with E-state index in [9.17, 15) is 8.42 Å². The predicted octanol–water partition coefficient (Wildman–Crippen LogP) is 3.02. The summed E-state index contributed by atoms with van der Waals surface area (Å²) in [6, 6.07) is 4.40. The third-order valence-electron chi connectivity index (χ3n) is 7.70. The lowest BCUT2D eigenvalue weighted by Crippen LogP contribution is -2.44. The van der Waals surface area contributed by atoms with E-state index >= 15 is 0 Å². The molecule has 3 heterocycles. The summed E-state index contributed by atoms with van der Waals surface area (Å²) in [5.41, 5.74) is 4.25. The molecule has 2 aliphatic rings. The Bertz CT molecular complexity index is 1250. The van der Waals surface area contributed by atoms with Gasteiger partial charge in [0.05, 0.1) is 35.4 Å². The lowest BCUT2D eigenvalue weighted by molar-refractivity contribution is 0.200. The molecule has 0 bridgehead atoms. The number of fused-ring (bicyclic) bond motifs is 1. The summed E-state index contributed by atoms with van der Waals surface area (Å²) in [6.45, 7) is 12.2. The van der Waals surface area contributed by atoms with Gasteiger partial charge in [-0.1, -0.05) is 25.6 Å². The van der Waals surface area contributed by atoms with E-state index in [0.717, 1.165) is 80.6 Å². The normalized spacial score (nSPS) is 19.1. The van der Waals surface area contributed by atoms with Gasteiger partial charge in [0.2, 0.25) is 10.0 Å². The average Bonchev–Trinajstić information content (AvgIpc) is 3.27. The first-order chi connectivity index (χ1) is 18.3. The summed E-state index contributed by atoms with van der Waals surface area (Å²) in [7, 11) is 0.882. The molecule has 0 unspecified atom stereocenters. The Morgan fingerprint density at radius 3 is 2.71 bits per heavy atom. The molecule has 0 spiro atoms. The van der Waals surface area contributed by atoms with E-state index in [2.05, 4.69) is 57.7 Å². The van der Waals surface area contributed by atoms with Gasteiger partial charge in [-0.2, -0.15) is 0 Å². The third-order valence-corrected chi connectivity index (χ3v) is 9.05. The van der Waals surface area contributed by atoms with Gasteiger partial charge in [0.25, 0.3) is 0 Å².